The van der Waals surface area contributed by atoms with Gasteiger partial charge in [-0.2, -0.15) is 0 Å². The van der Waals surface area contributed by atoms with Gasteiger partial charge in [-0.25, -0.2) is 0 Å². The molecule has 0 fully saturated rings. The van der Waals surface area contributed by atoms with Gasteiger partial charge in [0, 0.05) is 12.6 Å². The quantitative estimate of drug-likeness (QED) is 0.795. The number of hydrogen-bond acceptors (Lipinski definition) is 2. The summed E-state index contributed by atoms with van der Waals surface area (Å²) in [5.41, 5.74) is 1.14. The van der Waals surface area contributed by atoms with Crippen LogP contribution >= 0.6 is 0 Å². The van der Waals surface area contributed by atoms with E-state index in [1.807, 2.05) is 51.1 Å². The molecule has 2 atom stereocenters. The van der Waals surface area contributed by atoms with Crippen molar-refractivity contribution in [1.29, 1.82) is 0 Å². The Balaban J connectivity index is 2.40. The lowest BCUT2D eigenvalue weighted by atomic mass is 10.0. The molecule has 0 spiro atoms. The third kappa shape index (κ3) is 5.12. The van der Waals surface area contributed by atoms with E-state index in [1.165, 1.54) is 0 Å². The summed E-state index contributed by atoms with van der Waals surface area (Å²) in [5, 5.41) is 5.30. The van der Waals surface area contributed by atoms with E-state index in [0.29, 0.717) is 6.54 Å². The summed E-state index contributed by atoms with van der Waals surface area (Å²) in [7, 11) is 0. The van der Waals surface area contributed by atoms with E-state index in [2.05, 4.69) is 10.6 Å². The molecule has 0 heterocycles. The number of benzene rings is 1. The van der Waals surface area contributed by atoms with Crippen molar-refractivity contribution in [1.82, 2.24) is 10.6 Å². The Kier molecular flexibility index (Phi) is 6.06. The Hall–Kier alpha value is -1.84. The number of hydrogen-bond donors (Lipinski definition) is 2. The van der Waals surface area contributed by atoms with Crippen molar-refractivity contribution in [3.8, 4) is 0 Å². The fourth-order valence-corrected chi connectivity index (χ4v) is 1.62. The van der Waals surface area contributed by atoms with Gasteiger partial charge in [0.25, 0.3) is 0 Å². The van der Waals surface area contributed by atoms with Crippen LogP contribution in [-0.2, 0) is 9.59 Å². The molecule has 0 aliphatic rings. The summed E-state index contributed by atoms with van der Waals surface area (Å²) in [5.74, 6) is -0.945. The minimum absolute atomic E-state index is 0.0183. The molecule has 4 nitrogen and oxygen atoms in total. The molecule has 1 aromatic rings. The molecular formula is C15H22N2O2. The van der Waals surface area contributed by atoms with Crippen LogP contribution in [0.25, 0.3) is 0 Å². The first-order chi connectivity index (χ1) is 9.04. The Bertz CT molecular complexity index is 417. The lowest BCUT2D eigenvalue weighted by molar-refractivity contribution is -0.139. The molecule has 1 aromatic carbocycles. The van der Waals surface area contributed by atoms with Gasteiger partial charge >= 0.3 is 11.8 Å². The van der Waals surface area contributed by atoms with Crippen LogP contribution in [0.4, 0.5) is 0 Å². The Morgan fingerprint density at radius 1 is 1.11 bits per heavy atom. The first-order valence-corrected chi connectivity index (χ1v) is 6.68. The Labute approximate surface area is 114 Å². The van der Waals surface area contributed by atoms with Gasteiger partial charge in [-0.05, 0) is 24.8 Å². The van der Waals surface area contributed by atoms with E-state index in [4.69, 9.17) is 0 Å². The van der Waals surface area contributed by atoms with Crippen LogP contribution in [-0.4, -0.2) is 24.4 Å². The van der Waals surface area contributed by atoms with Crippen LogP contribution in [0, 0.1) is 0 Å². The predicted octanol–water partition coefficient (Wildman–Crippen LogP) is 1.82. The molecule has 0 aliphatic carbocycles. The number of amides is 2. The van der Waals surface area contributed by atoms with Crippen LogP contribution in [0.5, 0.6) is 0 Å². The fraction of sp³-hybridized carbons (Fsp3) is 0.467. The summed E-state index contributed by atoms with van der Waals surface area (Å²) in [6, 6.07) is 9.91. The standard InChI is InChI=1S/C15H22N2O2/c1-4-12(3)17-15(19)14(18)16-10-11(2)13-8-6-5-7-9-13/h5-9,11-12H,4,10H2,1-3H3,(H,16,18)(H,17,19)/t11-,12-/m0/s1. The maximum Gasteiger partial charge on any atom is 0.309 e. The molecule has 0 aromatic heterocycles. The van der Waals surface area contributed by atoms with E-state index in [-0.39, 0.29) is 12.0 Å². The van der Waals surface area contributed by atoms with E-state index in [1.54, 1.807) is 0 Å². The van der Waals surface area contributed by atoms with Gasteiger partial charge < -0.3 is 10.6 Å². The normalized spacial score (nSPS) is 13.4. The predicted molar refractivity (Wildman–Crippen MR) is 75.8 cm³/mol. The third-order valence-corrected chi connectivity index (χ3v) is 3.13. The van der Waals surface area contributed by atoms with Crippen LogP contribution in [0.3, 0.4) is 0 Å². The summed E-state index contributed by atoms with van der Waals surface area (Å²) in [6.07, 6.45) is 0.805. The molecule has 4 heteroatoms. The van der Waals surface area contributed by atoms with Gasteiger partial charge in [-0.15, -0.1) is 0 Å². The van der Waals surface area contributed by atoms with Gasteiger partial charge in [-0.3, -0.25) is 9.59 Å². The number of carbonyl (C=O) groups excluding carboxylic acids is 2. The van der Waals surface area contributed by atoms with Crippen LogP contribution in [0.15, 0.2) is 30.3 Å². The van der Waals surface area contributed by atoms with Gasteiger partial charge in [0.05, 0.1) is 0 Å². The van der Waals surface area contributed by atoms with E-state index in [0.717, 1.165) is 12.0 Å². The lowest BCUT2D eigenvalue weighted by Crippen LogP contribution is -2.44. The zero-order valence-corrected chi connectivity index (χ0v) is 11.8. The van der Waals surface area contributed by atoms with Crippen molar-refractivity contribution < 1.29 is 9.59 Å². The largest absolute Gasteiger partial charge is 0.347 e. The highest BCUT2D eigenvalue weighted by Gasteiger charge is 2.16. The molecule has 0 saturated carbocycles. The average molecular weight is 262 g/mol. The smallest absolute Gasteiger partial charge is 0.309 e. The number of rotatable bonds is 5. The molecule has 0 aliphatic heterocycles. The van der Waals surface area contributed by atoms with Crippen molar-refractivity contribution in [2.75, 3.05) is 6.54 Å². The van der Waals surface area contributed by atoms with Crippen LogP contribution < -0.4 is 10.6 Å². The minimum atomic E-state index is -0.567. The average Bonchev–Trinajstić information content (AvgIpc) is 2.44. The molecule has 104 valence electrons. The van der Waals surface area contributed by atoms with Gasteiger partial charge in [-0.1, -0.05) is 44.2 Å². The molecule has 2 amide bonds. The van der Waals surface area contributed by atoms with Crippen molar-refractivity contribution in [3.05, 3.63) is 35.9 Å². The number of carbonyl (C=O) groups is 2. The Morgan fingerprint density at radius 2 is 1.74 bits per heavy atom. The zero-order valence-electron chi connectivity index (χ0n) is 11.8. The van der Waals surface area contributed by atoms with Crippen molar-refractivity contribution in [3.63, 3.8) is 0 Å². The zero-order chi connectivity index (χ0) is 14.3. The van der Waals surface area contributed by atoms with Gasteiger partial charge in [0.2, 0.25) is 0 Å². The molecule has 1 rings (SSSR count). The summed E-state index contributed by atoms with van der Waals surface area (Å²) in [6.45, 7) is 6.30. The second-order valence-electron chi connectivity index (χ2n) is 4.80. The van der Waals surface area contributed by atoms with Crippen molar-refractivity contribution >= 4 is 11.8 Å². The molecule has 19 heavy (non-hydrogen) atoms. The SMILES string of the molecule is CC[C@H](C)NC(=O)C(=O)NC[C@H](C)c1ccccc1. The number of nitrogens with one attached hydrogen (secondary N) is 2. The first-order valence-electron chi connectivity index (χ1n) is 6.68. The van der Waals surface area contributed by atoms with E-state index < -0.39 is 11.8 Å². The lowest BCUT2D eigenvalue weighted by Gasteiger charge is -2.14. The van der Waals surface area contributed by atoms with Crippen molar-refractivity contribution in [2.24, 2.45) is 0 Å². The monoisotopic (exact) mass is 262 g/mol. The fourth-order valence-electron chi connectivity index (χ4n) is 1.62. The highest BCUT2D eigenvalue weighted by Crippen LogP contribution is 2.12. The maximum absolute atomic E-state index is 11.6. The Morgan fingerprint density at radius 3 is 2.32 bits per heavy atom. The van der Waals surface area contributed by atoms with Gasteiger partial charge in [0.1, 0.15) is 0 Å². The summed E-state index contributed by atoms with van der Waals surface area (Å²) < 4.78 is 0. The molecule has 0 saturated heterocycles. The topological polar surface area (TPSA) is 58.2 Å². The second kappa shape index (κ2) is 7.56. The van der Waals surface area contributed by atoms with E-state index >= 15 is 0 Å². The minimum Gasteiger partial charge on any atom is -0.347 e. The molecule has 0 radical (unpaired) electrons. The van der Waals surface area contributed by atoms with Crippen LogP contribution in [0.1, 0.15) is 38.7 Å². The molecule has 0 bridgehead atoms. The highest BCUT2D eigenvalue weighted by molar-refractivity contribution is 6.35. The van der Waals surface area contributed by atoms with E-state index in [9.17, 15) is 9.59 Å². The third-order valence-electron chi connectivity index (χ3n) is 3.13. The molecule has 0 unspecified atom stereocenters. The second-order valence-corrected chi connectivity index (χ2v) is 4.80. The molecule has 2 N–H and O–H groups in total. The highest BCUT2D eigenvalue weighted by atomic mass is 16.2. The molecular weight excluding hydrogens is 240 g/mol. The summed E-state index contributed by atoms with van der Waals surface area (Å²) >= 11 is 0. The maximum atomic E-state index is 11.6. The first kappa shape index (κ1) is 15.2. The summed E-state index contributed by atoms with van der Waals surface area (Å²) in [4.78, 5) is 23.1. The van der Waals surface area contributed by atoms with Crippen LogP contribution in [0.2, 0.25) is 0 Å². The van der Waals surface area contributed by atoms with Crippen molar-refractivity contribution in [2.45, 2.75) is 39.2 Å². The van der Waals surface area contributed by atoms with Gasteiger partial charge in [0.15, 0.2) is 0 Å².